The molecule has 2 aliphatic heterocycles. The zero-order chi connectivity index (χ0) is 23.0. The number of carbonyl (C=O) groups is 1. The molecule has 6 nitrogen and oxygen atoms in total. The van der Waals surface area contributed by atoms with Gasteiger partial charge >= 0.3 is 6.09 Å². The zero-order valence-corrected chi connectivity index (χ0v) is 19.2. The molecule has 1 N–H and O–H groups in total. The summed E-state index contributed by atoms with van der Waals surface area (Å²) in [5.41, 5.74) is 4.23. The lowest BCUT2D eigenvalue weighted by molar-refractivity contribution is 0.215. The molecule has 5 rings (SSSR count). The average molecular weight is 444 g/mol. The third kappa shape index (κ3) is 4.02. The van der Waals surface area contributed by atoms with Gasteiger partial charge < -0.3 is 14.4 Å². The number of benzene rings is 3. The van der Waals surface area contributed by atoms with Gasteiger partial charge in [-0.1, -0.05) is 37.3 Å². The Labute approximate surface area is 194 Å². The van der Waals surface area contributed by atoms with E-state index in [-0.39, 0.29) is 5.41 Å². The average Bonchev–Trinajstić information content (AvgIpc) is 3.24. The Morgan fingerprint density at radius 3 is 2.52 bits per heavy atom. The summed E-state index contributed by atoms with van der Waals surface area (Å²) < 4.78 is 11.4. The summed E-state index contributed by atoms with van der Waals surface area (Å²) in [5, 5.41) is 2.80. The molecular formula is C27H29N3O3. The Bertz CT molecular complexity index is 1150. The fourth-order valence-electron chi connectivity index (χ4n) is 5.24. The van der Waals surface area contributed by atoms with E-state index in [4.69, 9.17) is 9.47 Å². The van der Waals surface area contributed by atoms with Crippen molar-refractivity contribution in [3.05, 3.63) is 83.9 Å². The molecule has 0 radical (unpaired) electrons. The SMILES string of the molecule is CN1CC[C@@]2(C)c3cc(OC(=O)Nc4ccc(OCc5ccccc5)cc4)ccc3N(C)[C@@H]12. The lowest BCUT2D eigenvalue weighted by Crippen LogP contribution is -2.45. The summed E-state index contributed by atoms with van der Waals surface area (Å²) in [6, 6.07) is 23.2. The molecule has 2 heterocycles. The van der Waals surface area contributed by atoms with Crippen molar-refractivity contribution < 1.29 is 14.3 Å². The highest BCUT2D eigenvalue weighted by Gasteiger charge is 2.52. The predicted octanol–water partition coefficient (Wildman–Crippen LogP) is 5.25. The van der Waals surface area contributed by atoms with Crippen LogP contribution in [-0.2, 0) is 12.0 Å². The van der Waals surface area contributed by atoms with Crippen LogP contribution in [0.3, 0.4) is 0 Å². The maximum absolute atomic E-state index is 12.5. The first-order valence-corrected chi connectivity index (χ1v) is 11.3. The molecule has 33 heavy (non-hydrogen) atoms. The minimum absolute atomic E-state index is 0.0320. The van der Waals surface area contributed by atoms with Crippen LogP contribution >= 0.6 is 0 Å². The van der Waals surface area contributed by atoms with E-state index in [1.165, 1.54) is 11.3 Å². The molecule has 1 saturated heterocycles. The molecule has 6 heteroatoms. The van der Waals surface area contributed by atoms with E-state index in [1.807, 2.05) is 60.7 Å². The van der Waals surface area contributed by atoms with Crippen LogP contribution < -0.4 is 19.7 Å². The zero-order valence-electron chi connectivity index (χ0n) is 19.2. The van der Waals surface area contributed by atoms with Gasteiger partial charge in [0.2, 0.25) is 0 Å². The van der Waals surface area contributed by atoms with Crippen LogP contribution in [0.5, 0.6) is 11.5 Å². The number of carbonyl (C=O) groups excluding carboxylic acids is 1. The number of rotatable bonds is 5. The third-order valence-electron chi connectivity index (χ3n) is 6.86. The second-order valence-electron chi connectivity index (χ2n) is 9.12. The number of hydrogen-bond donors (Lipinski definition) is 1. The fraction of sp³-hybridized carbons (Fsp3) is 0.296. The Morgan fingerprint density at radius 1 is 1.03 bits per heavy atom. The lowest BCUT2D eigenvalue weighted by atomic mass is 9.81. The third-order valence-corrected chi connectivity index (χ3v) is 6.86. The van der Waals surface area contributed by atoms with Gasteiger partial charge in [-0.3, -0.25) is 10.2 Å². The number of likely N-dealkylation sites (N-methyl/N-ethyl adjacent to an activating group) is 2. The van der Waals surface area contributed by atoms with E-state index < -0.39 is 6.09 Å². The summed E-state index contributed by atoms with van der Waals surface area (Å²) in [4.78, 5) is 17.2. The van der Waals surface area contributed by atoms with Crippen molar-refractivity contribution in [1.29, 1.82) is 0 Å². The summed E-state index contributed by atoms with van der Waals surface area (Å²) in [6.45, 7) is 3.86. The van der Waals surface area contributed by atoms with E-state index in [1.54, 1.807) is 12.1 Å². The second-order valence-corrected chi connectivity index (χ2v) is 9.12. The maximum Gasteiger partial charge on any atom is 0.417 e. The van der Waals surface area contributed by atoms with Crippen molar-refractivity contribution in [3.8, 4) is 11.5 Å². The van der Waals surface area contributed by atoms with Gasteiger partial charge in [0.15, 0.2) is 0 Å². The molecule has 0 bridgehead atoms. The molecule has 0 aromatic heterocycles. The smallest absolute Gasteiger partial charge is 0.417 e. The second kappa shape index (κ2) is 8.45. The molecule has 1 fully saturated rings. The van der Waals surface area contributed by atoms with Gasteiger partial charge in [-0.2, -0.15) is 0 Å². The van der Waals surface area contributed by atoms with Crippen molar-refractivity contribution >= 4 is 17.5 Å². The van der Waals surface area contributed by atoms with Crippen LogP contribution in [0, 0.1) is 0 Å². The number of amides is 1. The molecule has 2 aliphatic rings. The fourth-order valence-corrected chi connectivity index (χ4v) is 5.24. The lowest BCUT2D eigenvalue weighted by Gasteiger charge is -2.32. The van der Waals surface area contributed by atoms with E-state index in [0.717, 1.165) is 24.3 Å². The van der Waals surface area contributed by atoms with Gasteiger partial charge in [-0.25, -0.2) is 4.79 Å². The number of nitrogens with zero attached hydrogens (tertiary/aromatic N) is 2. The Balaban J connectivity index is 1.21. The number of likely N-dealkylation sites (tertiary alicyclic amines) is 1. The Kier molecular flexibility index (Phi) is 5.46. The van der Waals surface area contributed by atoms with Gasteiger partial charge in [0.1, 0.15) is 18.1 Å². The van der Waals surface area contributed by atoms with Gasteiger partial charge in [-0.05, 0) is 67.1 Å². The predicted molar refractivity (Wildman–Crippen MR) is 130 cm³/mol. The highest BCUT2D eigenvalue weighted by molar-refractivity contribution is 5.86. The summed E-state index contributed by atoms with van der Waals surface area (Å²) in [7, 11) is 4.30. The molecular weight excluding hydrogens is 414 g/mol. The number of anilines is 2. The largest absolute Gasteiger partial charge is 0.489 e. The standard InChI is InChI=1S/C27H29N3O3/c1-27-15-16-29(2)25(27)30(3)24-14-13-22(17-23(24)27)33-26(31)28-20-9-11-21(12-10-20)32-18-19-7-5-4-6-8-19/h4-14,17,25H,15-16,18H2,1-3H3,(H,28,31)/t25-,27+/m1/s1. The molecule has 3 aromatic rings. The first-order chi connectivity index (χ1) is 15.9. The minimum Gasteiger partial charge on any atom is -0.489 e. The molecule has 3 aromatic carbocycles. The van der Waals surface area contributed by atoms with Crippen molar-refractivity contribution in [2.45, 2.75) is 31.5 Å². The number of hydrogen-bond acceptors (Lipinski definition) is 5. The normalized spacial score (nSPS) is 21.4. The van der Waals surface area contributed by atoms with Crippen molar-refractivity contribution in [1.82, 2.24) is 4.90 Å². The van der Waals surface area contributed by atoms with Crippen LogP contribution in [-0.4, -0.2) is 37.8 Å². The van der Waals surface area contributed by atoms with Gasteiger partial charge in [0.25, 0.3) is 0 Å². The molecule has 0 unspecified atom stereocenters. The highest BCUT2D eigenvalue weighted by Crippen LogP contribution is 2.51. The van der Waals surface area contributed by atoms with E-state index in [2.05, 4.69) is 36.1 Å². The van der Waals surface area contributed by atoms with E-state index in [9.17, 15) is 4.79 Å². The minimum atomic E-state index is -0.510. The van der Waals surface area contributed by atoms with E-state index >= 15 is 0 Å². The van der Waals surface area contributed by atoms with Crippen LogP contribution in [0.1, 0.15) is 24.5 Å². The first kappa shape index (κ1) is 21.3. The summed E-state index contributed by atoms with van der Waals surface area (Å²) in [5.74, 6) is 1.30. The van der Waals surface area contributed by atoms with Crippen LogP contribution in [0.2, 0.25) is 0 Å². The number of nitrogens with one attached hydrogen (secondary N) is 1. The van der Waals surface area contributed by atoms with Crippen molar-refractivity contribution in [3.63, 3.8) is 0 Å². The molecule has 0 aliphatic carbocycles. The highest BCUT2D eigenvalue weighted by atomic mass is 16.6. The first-order valence-electron chi connectivity index (χ1n) is 11.3. The molecule has 2 atom stereocenters. The topological polar surface area (TPSA) is 54.0 Å². The number of ether oxygens (including phenoxy) is 2. The summed E-state index contributed by atoms with van der Waals surface area (Å²) >= 11 is 0. The van der Waals surface area contributed by atoms with Crippen LogP contribution in [0.15, 0.2) is 72.8 Å². The Morgan fingerprint density at radius 2 is 1.76 bits per heavy atom. The molecule has 0 saturated carbocycles. The van der Waals surface area contributed by atoms with Crippen molar-refractivity contribution in [2.75, 3.05) is 30.9 Å². The number of fused-ring (bicyclic) bond motifs is 3. The van der Waals surface area contributed by atoms with Crippen LogP contribution in [0.4, 0.5) is 16.2 Å². The maximum atomic E-state index is 12.5. The van der Waals surface area contributed by atoms with Gasteiger partial charge in [0, 0.05) is 30.4 Å². The Hall–Kier alpha value is -3.51. The van der Waals surface area contributed by atoms with Crippen molar-refractivity contribution in [2.24, 2.45) is 0 Å². The molecule has 0 spiro atoms. The molecule has 170 valence electrons. The van der Waals surface area contributed by atoms with Gasteiger partial charge in [-0.15, -0.1) is 0 Å². The molecule has 1 amide bonds. The quantitative estimate of drug-likeness (QED) is 0.584. The summed E-state index contributed by atoms with van der Waals surface area (Å²) in [6.07, 6.45) is 0.906. The van der Waals surface area contributed by atoms with Crippen LogP contribution in [0.25, 0.3) is 0 Å². The van der Waals surface area contributed by atoms with E-state index in [0.29, 0.717) is 24.2 Å². The monoisotopic (exact) mass is 443 g/mol. The van der Waals surface area contributed by atoms with Gasteiger partial charge in [0.05, 0.1) is 6.17 Å².